The summed E-state index contributed by atoms with van der Waals surface area (Å²) in [5, 5.41) is 6.99. The highest BCUT2D eigenvalue weighted by atomic mass is 16.5. The lowest BCUT2D eigenvalue weighted by Gasteiger charge is -2.19. The number of nitrogens with one attached hydrogen (secondary N) is 1. The van der Waals surface area contributed by atoms with Gasteiger partial charge in [-0.15, -0.1) is 0 Å². The van der Waals surface area contributed by atoms with E-state index in [1.807, 2.05) is 77.2 Å². The normalized spacial score (nSPS) is 10.7. The van der Waals surface area contributed by atoms with Crippen molar-refractivity contribution in [3.63, 3.8) is 0 Å². The summed E-state index contributed by atoms with van der Waals surface area (Å²) >= 11 is 0. The van der Waals surface area contributed by atoms with E-state index in [9.17, 15) is 4.79 Å². The molecule has 0 radical (unpaired) electrons. The Bertz CT molecular complexity index is 939. The van der Waals surface area contributed by atoms with Gasteiger partial charge >= 0.3 is 0 Å². The highest BCUT2D eigenvalue weighted by Crippen LogP contribution is 2.22. The second-order valence-electron chi connectivity index (χ2n) is 6.91. The predicted octanol–water partition coefficient (Wildman–Crippen LogP) is 4.80. The zero-order valence-electron chi connectivity index (χ0n) is 16.5. The number of rotatable bonds is 5. The molecule has 0 atom stereocenters. The van der Waals surface area contributed by atoms with Gasteiger partial charge in [-0.3, -0.25) is 4.79 Å². The molecule has 5 heteroatoms. The standard InChI is InChI=1S/C22H25N3O2/c1-14-7-6-8-21(15(14)2)23-22(26)18-9-11-19(12-10-18)25(5)13-20-16(3)24-27-17(20)4/h6-12H,13H2,1-5H3,(H,23,26). The molecule has 2 aromatic carbocycles. The van der Waals surface area contributed by atoms with Gasteiger partial charge in [-0.25, -0.2) is 0 Å². The molecule has 0 aliphatic carbocycles. The zero-order valence-corrected chi connectivity index (χ0v) is 16.5. The molecule has 0 bridgehead atoms. The maximum atomic E-state index is 12.6. The third-order valence-electron chi connectivity index (χ3n) is 5.00. The summed E-state index contributed by atoms with van der Waals surface area (Å²) in [6.07, 6.45) is 0. The van der Waals surface area contributed by atoms with E-state index < -0.39 is 0 Å². The van der Waals surface area contributed by atoms with Crippen LogP contribution in [0.1, 0.15) is 38.5 Å². The van der Waals surface area contributed by atoms with Crippen LogP contribution in [0.15, 0.2) is 47.0 Å². The van der Waals surface area contributed by atoms with Crippen LogP contribution in [0.5, 0.6) is 0 Å². The van der Waals surface area contributed by atoms with Crippen LogP contribution >= 0.6 is 0 Å². The average Bonchev–Trinajstić information content (AvgIpc) is 2.97. The number of benzene rings is 2. The van der Waals surface area contributed by atoms with E-state index in [-0.39, 0.29) is 5.91 Å². The summed E-state index contributed by atoms with van der Waals surface area (Å²) in [5.41, 5.74) is 6.74. The maximum Gasteiger partial charge on any atom is 0.255 e. The Labute approximate surface area is 160 Å². The quantitative estimate of drug-likeness (QED) is 0.707. The van der Waals surface area contributed by atoms with Crippen LogP contribution in [0.4, 0.5) is 11.4 Å². The number of nitrogens with zero attached hydrogens (tertiary/aromatic N) is 2. The number of aromatic nitrogens is 1. The summed E-state index contributed by atoms with van der Waals surface area (Å²) in [5.74, 6) is 0.729. The van der Waals surface area contributed by atoms with Crippen LogP contribution < -0.4 is 10.2 Å². The van der Waals surface area contributed by atoms with Crippen LogP contribution in [-0.4, -0.2) is 18.1 Å². The Balaban J connectivity index is 1.71. The third-order valence-corrected chi connectivity index (χ3v) is 5.00. The molecule has 1 N–H and O–H groups in total. The summed E-state index contributed by atoms with van der Waals surface area (Å²) in [4.78, 5) is 14.7. The largest absolute Gasteiger partial charge is 0.370 e. The molecule has 27 heavy (non-hydrogen) atoms. The van der Waals surface area contributed by atoms with Crippen molar-refractivity contribution in [3.8, 4) is 0 Å². The highest BCUT2D eigenvalue weighted by molar-refractivity contribution is 6.04. The first-order valence-electron chi connectivity index (χ1n) is 8.97. The summed E-state index contributed by atoms with van der Waals surface area (Å²) < 4.78 is 5.23. The molecule has 3 aromatic rings. The Kier molecular flexibility index (Phi) is 5.31. The molecular weight excluding hydrogens is 338 g/mol. The Morgan fingerprint density at radius 3 is 2.41 bits per heavy atom. The van der Waals surface area contributed by atoms with E-state index in [0.29, 0.717) is 12.1 Å². The SMILES string of the molecule is Cc1cccc(NC(=O)c2ccc(N(C)Cc3c(C)noc3C)cc2)c1C. The Hall–Kier alpha value is -3.08. The fraction of sp³-hybridized carbons (Fsp3) is 0.273. The Morgan fingerprint density at radius 2 is 1.78 bits per heavy atom. The molecule has 0 aliphatic heterocycles. The fourth-order valence-electron chi connectivity index (χ4n) is 3.00. The van der Waals surface area contributed by atoms with Crippen molar-refractivity contribution in [1.82, 2.24) is 5.16 Å². The van der Waals surface area contributed by atoms with Crippen molar-refractivity contribution in [3.05, 3.63) is 76.2 Å². The van der Waals surface area contributed by atoms with Gasteiger partial charge in [0, 0.05) is 36.1 Å². The molecule has 3 rings (SSSR count). The molecule has 1 amide bonds. The molecule has 1 aromatic heterocycles. The summed E-state index contributed by atoms with van der Waals surface area (Å²) in [6.45, 7) is 8.62. The lowest BCUT2D eigenvalue weighted by atomic mass is 10.1. The van der Waals surface area contributed by atoms with E-state index >= 15 is 0 Å². The topological polar surface area (TPSA) is 58.4 Å². The molecule has 1 heterocycles. The lowest BCUT2D eigenvalue weighted by Crippen LogP contribution is -2.18. The van der Waals surface area contributed by atoms with Crippen molar-refractivity contribution in [2.24, 2.45) is 0 Å². The number of anilines is 2. The minimum atomic E-state index is -0.108. The van der Waals surface area contributed by atoms with Gasteiger partial charge in [-0.05, 0) is 69.2 Å². The van der Waals surface area contributed by atoms with E-state index in [2.05, 4.69) is 15.4 Å². The first kappa shape index (κ1) is 18.7. The highest BCUT2D eigenvalue weighted by Gasteiger charge is 2.13. The van der Waals surface area contributed by atoms with Gasteiger partial charge in [0.2, 0.25) is 0 Å². The monoisotopic (exact) mass is 363 g/mol. The minimum Gasteiger partial charge on any atom is -0.370 e. The minimum absolute atomic E-state index is 0.108. The number of aryl methyl sites for hydroxylation is 3. The van der Waals surface area contributed by atoms with Crippen LogP contribution in [0.25, 0.3) is 0 Å². The van der Waals surface area contributed by atoms with E-state index in [1.54, 1.807) is 0 Å². The van der Waals surface area contributed by atoms with Gasteiger partial charge < -0.3 is 14.7 Å². The fourth-order valence-corrected chi connectivity index (χ4v) is 3.00. The van der Waals surface area contributed by atoms with E-state index in [1.165, 1.54) is 0 Å². The van der Waals surface area contributed by atoms with Crippen LogP contribution in [0, 0.1) is 27.7 Å². The first-order chi connectivity index (χ1) is 12.9. The van der Waals surface area contributed by atoms with Crippen LogP contribution in [-0.2, 0) is 6.54 Å². The molecule has 0 unspecified atom stereocenters. The molecule has 0 saturated heterocycles. The molecule has 0 fully saturated rings. The van der Waals surface area contributed by atoms with Crippen molar-refractivity contribution in [1.29, 1.82) is 0 Å². The molecule has 0 spiro atoms. The van der Waals surface area contributed by atoms with Gasteiger partial charge in [-0.2, -0.15) is 0 Å². The molecule has 0 saturated carbocycles. The number of carbonyl (C=O) groups excluding carboxylic acids is 1. The van der Waals surface area contributed by atoms with Gasteiger partial charge in [0.05, 0.1) is 5.69 Å². The zero-order chi connectivity index (χ0) is 19.6. The number of hydrogen-bond donors (Lipinski definition) is 1. The van der Waals surface area contributed by atoms with Crippen LogP contribution in [0.2, 0.25) is 0 Å². The van der Waals surface area contributed by atoms with Gasteiger partial charge in [0.25, 0.3) is 5.91 Å². The van der Waals surface area contributed by atoms with E-state index in [0.717, 1.165) is 39.5 Å². The molecule has 5 nitrogen and oxygen atoms in total. The van der Waals surface area contributed by atoms with Gasteiger partial charge in [-0.1, -0.05) is 17.3 Å². The third kappa shape index (κ3) is 4.03. The van der Waals surface area contributed by atoms with Gasteiger partial charge in [0.15, 0.2) is 0 Å². The van der Waals surface area contributed by atoms with Gasteiger partial charge in [0.1, 0.15) is 5.76 Å². The van der Waals surface area contributed by atoms with Crippen LogP contribution in [0.3, 0.4) is 0 Å². The number of carbonyl (C=O) groups is 1. The maximum absolute atomic E-state index is 12.6. The van der Waals surface area contributed by atoms with E-state index in [4.69, 9.17) is 4.52 Å². The Morgan fingerprint density at radius 1 is 1.07 bits per heavy atom. The number of amides is 1. The predicted molar refractivity (Wildman–Crippen MR) is 108 cm³/mol. The summed E-state index contributed by atoms with van der Waals surface area (Å²) in [7, 11) is 2.01. The molecular formula is C22H25N3O2. The molecule has 140 valence electrons. The molecule has 0 aliphatic rings. The lowest BCUT2D eigenvalue weighted by molar-refractivity contribution is 0.102. The van der Waals surface area contributed by atoms with Crippen molar-refractivity contribution >= 4 is 17.3 Å². The first-order valence-corrected chi connectivity index (χ1v) is 8.97. The van der Waals surface area contributed by atoms with Crippen molar-refractivity contribution in [2.75, 3.05) is 17.3 Å². The summed E-state index contributed by atoms with van der Waals surface area (Å²) in [6, 6.07) is 13.5. The average molecular weight is 363 g/mol. The second kappa shape index (κ2) is 7.66. The number of hydrogen-bond acceptors (Lipinski definition) is 4. The smallest absolute Gasteiger partial charge is 0.255 e. The van der Waals surface area contributed by atoms with Crippen molar-refractivity contribution < 1.29 is 9.32 Å². The second-order valence-corrected chi connectivity index (χ2v) is 6.91. The van der Waals surface area contributed by atoms with Crippen molar-refractivity contribution in [2.45, 2.75) is 34.2 Å².